The Morgan fingerprint density at radius 3 is 2.77 bits per heavy atom. The van der Waals surface area contributed by atoms with Crippen LogP contribution in [0.15, 0.2) is 22.7 Å². The fraction of sp³-hybridized carbons (Fsp3) is 0.250. The highest BCUT2D eigenvalue weighted by molar-refractivity contribution is 14.1. The highest BCUT2D eigenvalue weighted by Crippen LogP contribution is 2.25. The van der Waals surface area contributed by atoms with Crippen LogP contribution in [0.3, 0.4) is 0 Å². The topological polar surface area (TPSA) is 9.23 Å². The van der Waals surface area contributed by atoms with E-state index in [1.54, 1.807) is 12.1 Å². The van der Waals surface area contributed by atoms with Gasteiger partial charge in [-0.1, -0.05) is 15.9 Å². The molecule has 0 saturated heterocycles. The van der Waals surface area contributed by atoms with Crippen LogP contribution in [0.5, 0.6) is 5.75 Å². The molecule has 1 aromatic rings. The van der Waals surface area contributed by atoms with Crippen LogP contribution >= 0.6 is 38.5 Å². The smallest absolute Gasteiger partial charge is 0.272 e. The summed E-state index contributed by atoms with van der Waals surface area (Å²) in [5.41, 5.74) is 0. The van der Waals surface area contributed by atoms with E-state index in [0.717, 1.165) is 8.04 Å². The molecule has 0 amide bonds. The Morgan fingerprint density at radius 2 is 2.15 bits per heavy atom. The monoisotopic (exact) mass is 362 g/mol. The van der Waals surface area contributed by atoms with Gasteiger partial charge in [0, 0.05) is 4.47 Å². The van der Waals surface area contributed by atoms with Crippen molar-refractivity contribution < 1.29 is 13.5 Å². The van der Waals surface area contributed by atoms with Crippen LogP contribution in [0.25, 0.3) is 0 Å². The van der Waals surface area contributed by atoms with E-state index in [2.05, 4.69) is 15.9 Å². The second-order valence-electron chi connectivity index (χ2n) is 2.28. The summed E-state index contributed by atoms with van der Waals surface area (Å²) in [5, 5.41) is 0. The molecule has 0 aliphatic rings. The second-order valence-corrected chi connectivity index (χ2v) is 4.35. The minimum atomic E-state index is -2.44. The maximum absolute atomic E-state index is 11.8. The van der Waals surface area contributed by atoms with E-state index in [1.807, 2.05) is 28.7 Å². The lowest BCUT2D eigenvalue weighted by atomic mass is 10.3. The highest BCUT2D eigenvalue weighted by atomic mass is 127. The van der Waals surface area contributed by atoms with Crippen molar-refractivity contribution in [3.8, 4) is 5.75 Å². The first-order valence-corrected chi connectivity index (χ1v) is 5.33. The van der Waals surface area contributed by atoms with Gasteiger partial charge in [0.15, 0.2) is 0 Å². The lowest BCUT2D eigenvalue weighted by Gasteiger charge is -2.07. The van der Waals surface area contributed by atoms with E-state index in [4.69, 9.17) is 4.74 Å². The number of ether oxygens (including phenoxy) is 1. The average molecular weight is 363 g/mol. The van der Waals surface area contributed by atoms with Crippen molar-refractivity contribution in [1.82, 2.24) is 0 Å². The van der Waals surface area contributed by atoms with Gasteiger partial charge in [-0.2, -0.15) is 0 Å². The molecule has 0 N–H and O–H groups in total. The predicted molar refractivity (Wildman–Crippen MR) is 58.4 cm³/mol. The molecule has 13 heavy (non-hydrogen) atoms. The Labute approximate surface area is 96.7 Å². The molecule has 0 bridgehead atoms. The zero-order valence-corrected chi connectivity index (χ0v) is 10.2. The minimum absolute atomic E-state index is 0.482. The molecule has 0 spiro atoms. The van der Waals surface area contributed by atoms with Crippen LogP contribution in [-0.2, 0) is 0 Å². The van der Waals surface area contributed by atoms with Crippen LogP contribution in [0.1, 0.15) is 0 Å². The number of benzene rings is 1. The zero-order valence-electron chi connectivity index (χ0n) is 6.44. The molecule has 0 fully saturated rings. The van der Waals surface area contributed by atoms with E-state index in [-0.39, 0.29) is 0 Å². The molecule has 0 aliphatic carbocycles. The summed E-state index contributed by atoms with van der Waals surface area (Å²) in [4.78, 5) is 0. The summed E-state index contributed by atoms with van der Waals surface area (Å²) in [6, 6.07) is 5.30. The molecule has 1 rings (SSSR count). The van der Waals surface area contributed by atoms with E-state index in [0.29, 0.717) is 5.75 Å². The Hall–Kier alpha value is 0.0900. The van der Waals surface area contributed by atoms with Gasteiger partial charge in [-0.25, -0.2) is 8.78 Å². The van der Waals surface area contributed by atoms with Gasteiger partial charge in [-0.05, 0) is 40.8 Å². The van der Waals surface area contributed by atoms with Gasteiger partial charge in [0.2, 0.25) is 0 Å². The van der Waals surface area contributed by atoms with Gasteiger partial charge < -0.3 is 4.74 Å². The maximum atomic E-state index is 11.8. The molecule has 0 atom stereocenters. The Balaban J connectivity index is 2.70. The third-order valence-electron chi connectivity index (χ3n) is 1.26. The summed E-state index contributed by atoms with van der Waals surface area (Å²) in [6.45, 7) is -0.563. The molecule has 0 saturated carbocycles. The van der Waals surface area contributed by atoms with Gasteiger partial charge in [0.1, 0.15) is 12.4 Å². The van der Waals surface area contributed by atoms with Gasteiger partial charge in [-0.15, -0.1) is 0 Å². The zero-order chi connectivity index (χ0) is 9.84. The quantitative estimate of drug-likeness (QED) is 0.745. The number of alkyl halides is 2. The SMILES string of the molecule is FC(F)COc1cc(Br)ccc1I. The highest BCUT2D eigenvalue weighted by Gasteiger charge is 2.06. The summed E-state index contributed by atoms with van der Waals surface area (Å²) >= 11 is 5.27. The first kappa shape index (κ1) is 11.2. The van der Waals surface area contributed by atoms with Crippen molar-refractivity contribution in [3.63, 3.8) is 0 Å². The third-order valence-corrected chi connectivity index (χ3v) is 2.64. The van der Waals surface area contributed by atoms with Crippen LogP contribution in [-0.4, -0.2) is 13.0 Å². The second kappa shape index (κ2) is 5.09. The normalized spacial score (nSPS) is 10.5. The molecule has 0 radical (unpaired) electrons. The van der Waals surface area contributed by atoms with Crippen molar-refractivity contribution in [2.75, 3.05) is 6.61 Å². The Morgan fingerprint density at radius 1 is 1.46 bits per heavy atom. The van der Waals surface area contributed by atoms with Gasteiger partial charge >= 0.3 is 0 Å². The average Bonchev–Trinajstić information content (AvgIpc) is 2.06. The van der Waals surface area contributed by atoms with Crippen LogP contribution < -0.4 is 4.74 Å². The number of hydrogen-bond donors (Lipinski definition) is 0. The van der Waals surface area contributed by atoms with E-state index < -0.39 is 13.0 Å². The summed E-state index contributed by atoms with van der Waals surface area (Å²) in [7, 11) is 0. The maximum Gasteiger partial charge on any atom is 0.272 e. The molecule has 0 heterocycles. The Bertz CT molecular complexity index is 293. The third kappa shape index (κ3) is 3.76. The first-order valence-electron chi connectivity index (χ1n) is 3.45. The summed E-state index contributed by atoms with van der Waals surface area (Å²) in [6.07, 6.45) is -2.44. The largest absolute Gasteiger partial charge is 0.486 e. The molecule has 0 unspecified atom stereocenters. The van der Waals surface area contributed by atoms with Gasteiger partial charge in [0.05, 0.1) is 3.57 Å². The molecule has 1 nitrogen and oxygen atoms in total. The molecule has 72 valence electrons. The van der Waals surface area contributed by atoms with Crippen molar-refractivity contribution >= 4 is 38.5 Å². The van der Waals surface area contributed by atoms with Crippen LogP contribution in [0.4, 0.5) is 8.78 Å². The number of hydrogen-bond acceptors (Lipinski definition) is 1. The summed E-state index contributed by atoms with van der Waals surface area (Å²) < 4.78 is 30.2. The van der Waals surface area contributed by atoms with Crippen molar-refractivity contribution in [2.45, 2.75) is 6.43 Å². The molecule has 5 heteroatoms. The van der Waals surface area contributed by atoms with Crippen molar-refractivity contribution in [2.24, 2.45) is 0 Å². The van der Waals surface area contributed by atoms with E-state index in [9.17, 15) is 8.78 Å². The standard InChI is InChI=1S/C8H6BrF2IO/c9-5-1-2-6(12)7(3-5)13-4-8(10)11/h1-3,8H,4H2. The molecule has 0 aromatic heterocycles. The predicted octanol–water partition coefficient (Wildman–Crippen LogP) is 3.70. The van der Waals surface area contributed by atoms with E-state index >= 15 is 0 Å². The van der Waals surface area contributed by atoms with Crippen molar-refractivity contribution in [3.05, 3.63) is 26.2 Å². The molecular weight excluding hydrogens is 357 g/mol. The molecule has 0 aliphatic heterocycles. The minimum Gasteiger partial charge on any atom is -0.486 e. The lowest BCUT2D eigenvalue weighted by molar-refractivity contribution is 0.0814. The molecule has 1 aromatic carbocycles. The van der Waals surface area contributed by atoms with Crippen LogP contribution in [0, 0.1) is 3.57 Å². The fourth-order valence-electron chi connectivity index (χ4n) is 0.741. The number of rotatable bonds is 3. The first-order chi connectivity index (χ1) is 6.09. The van der Waals surface area contributed by atoms with Gasteiger partial charge in [-0.3, -0.25) is 0 Å². The number of halogens is 4. The van der Waals surface area contributed by atoms with E-state index in [1.165, 1.54) is 0 Å². The fourth-order valence-corrected chi connectivity index (χ4v) is 1.57. The molecular formula is C8H6BrF2IO. The Kier molecular flexibility index (Phi) is 4.37. The van der Waals surface area contributed by atoms with Gasteiger partial charge in [0.25, 0.3) is 6.43 Å². The summed E-state index contributed by atoms with van der Waals surface area (Å²) in [5.74, 6) is 0.482. The van der Waals surface area contributed by atoms with Crippen LogP contribution in [0.2, 0.25) is 0 Å². The van der Waals surface area contributed by atoms with Crippen molar-refractivity contribution in [1.29, 1.82) is 0 Å². The lowest BCUT2D eigenvalue weighted by Crippen LogP contribution is -2.07.